The summed E-state index contributed by atoms with van der Waals surface area (Å²) < 4.78 is 0. The van der Waals surface area contributed by atoms with Gasteiger partial charge in [0.05, 0.1) is 12.1 Å². The molecule has 0 aromatic rings. The monoisotopic (exact) mass is 420 g/mol. The maximum atomic E-state index is 10.4. The van der Waals surface area contributed by atoms with Crippen LogP contribution in [0.25, 0.3) is 0 Å². The fourth-order valence-electron chi connectivity index (χ4n) is 3.41. The van der Waals surface area contributed by atoms with Crippen LogP contribution in [0, 0.1) is 0 Å². The van der Waals surface area contributed by atoms with Crippen molar-refractivity contribution in [1.82, 2.24) is 0 Å². The first-order valence-electron chi connectivity index (χ1n) is 11.7. The van der Waals surface area contributed by atoms with Gasteiger partial charge >= 0.3 is 51.4 Å². The molecule has 0 radical (unpaired) electrons. The predicted molar refractivity (Wildman–Crippen MR) is 114 cm³/mol. The Labute approximate surface area is 217 Å². The fourth-order valence-corrected chi connectivity index (χ4v) is 3.41. The van der Waals surface area contributed by atoms with Gasteiger partial charge in [-0.15, -0.1) is 0 Å². The standard InChI is InChI=1S/C24H46O3.K/c1-2-3-4-5-6-7-8-9-10-11-12-13-14-15-16-17-18-19-20-21-22-23(25)24(26)27;/h15-16,23,25H,2-14,17-22H2,1H3,(H,26,27);/q;+1/p-1. The number of carbonyl (C=O) groups excluding carboxylic acids is 1. The van der Waals surface area contributed by atoms with Gasteiger partial charge in [-0.1, -0.05) is 109 Å². The molecule has 0 aromatic heterocycles. The fraction of sp³-hybridized carbons (Fsp3) is 0.875. The van der Waals surface area contributed by atoms with Crippen LogP contribution in [-0.2, 0) is 4.79 Å². The quantitative estimate of drug-likeness (QED) is 0.176. The van der Waals surface area contributed by atoms with Gasteiger partial charge in [-0.3, -0.25) is 0 Å². The molecule has 0 aromatic carbocycles. The Balaban J connectivity index is 0. The second kappa shape index (κ2) is 25.8. The molecule has 3 nitrogen and oxygen atoms in total. The zero-order chi connectivity index (χ0) is 20.0. The maximum Gasteiger partial charge on any atom is 1.00 e. The molecule has 4 heteroatoms. The molecule has 0 saturated carbocycles. The second-order valence-corrected chi connectivity index (χ2v) is 7.98. The van der Waals surface area contributed by atoms with E-state index in [0.29, 0.717) is 6.42 Å². The van der Waals surface area contributed by atoms with E-state index in [2.05, 4.69) is 19.1 Å². The molecular formula is C24H45KO3. The van der Waals surface area contributed by atoms with Gasteiger partial charge in [0.1, 0.15) is 0 Å². The first kappa shape index (κ1) is 31.0. The first-order chi connectivity index (χ1) is 13.2. The number of carbonyl (C=O) groups is 1. The minimum Gasteiger partial charge on any atom is -0.547 e. The van der Waals surface area contributed by atoms with Gasteiger partial charge in [-0.2, -0.15) is 0 Å². The summed E-state index contributed by atoms with van der Waals surface area (Å²) in [5, 5.41) is 19.5. The number of aliphatic hydroxyl groups excluding tert-OH is 1. The predicted octanol–water partition coefficient (Wildman–Crippen LogP) is 3.09. The van der Waals surface area contributed by atoms with Crippen LogP contribution in [0.3, 0.4) is 0 Å². The summed E-state index contributed by atoms with van der Waals surface area (Å²) in [6.45, 7) is 2.27. The van der Waals surface area contributed by atoms with Crippen molar-refractivity contribution in [2.24, 2.45) is 0 Å². The number of unbranched alkanes of at least 4 members (excludes halogenated alkanes) is 16. The Hall–Kier alpha value is 0.806. The summed E-state index contributed by atoms with van der Waals surface area (Å²) in [5.41, 5.74) is 0. The third kappa shape index (κ3) is 24.8. The van der Waals surface area contributed by atoms with E-state index in [9.17, 15) is 9.90 Å². The van der Waals surface area contributed by atoms with E-state index in [-0.39, 0.29) is 51.4 Å². The van der Waals surface area contributed by atoms with Gasteiger partial charge in [0, 0.05) is 0 Å². The van der Waals surface area contributed by atoms with Gasteiger partial charge in [-0.25, -0.2) is 0 Å². The average Bonchev–Trinajstić information content (AvgIpc) is 2.66. The van der Waals surface area contributed by atoms with Crippen LogP contribution < -0.4 is 56.5 Å². The van der Waals surface area contributed by atoms with Crippen molar-refractivity contribution in [2.75, 3.05) is 0 Å². The first-order valence-corrected chi connectivity index (χ1v) is 11.7. The van der Waals surface area contributed by atoms with Gasteiger partial charge < -0.3 is 15.0 Å². The maximum absolute atomic E-state index is 10.4. The number of hydrogen-bond acceptors (Lipinski definition) is 3. The number of rotatable bonds is 21. The summed E-state index contributed by atoms with van der Waals surface area (Å²) in [6.07, 6.45) is 26.7. The normalized spacial score (nSPS) is 12.2. The van der Waals surface area contributed by atoms with Crippen molar-refractivity contribution in [2.45, 2.75) is 135 Å². The second-order valence-electron chi connectivity index (χ2n) is 7.98. The Morgan fingerprint density at radius 3 is 1.46 bits per heavy atom. The molecule has 160 valence electrons. The van der Waals surface area contributed by atoms with Crippen LogP contribution in [0.2, 0.25) is 0 Å². The number of carboxylic acid groups (broad SMARTS) is 1. The molecule has 0 amide bonds. The van der Waals surface area contributed by atoms with Crippen molar-refractivity contribution in [3.8, 4) is 0 Å². The summed E-state index contributed by atoms with van der Waals surface area (Å²) in [4.78, 5) is 10.4. The summed E-state index contributed by atoms with van der Waals surface area (Å²) >= 11 is 0. The molecule has 0 aliphatic carbocycles. The minimum atomic E-state index is -1.35. The third-order valence-corrected chi connectivity index (χ3v) is 5.26. The molecule has 1 unspecified atom stereocenters. The SMILES string of the molecule is CCCCCCCCCCCCCCC=CCCCCCCC(O)C(=O)[O-].[K+]. The topological polar surface area (TPSA) is 60.4 Å². The van der Waals surface area contributed by atoms with E-state index in [1.54, 1.807) is 0 Å². The van der Waals surface area contributed by atoms with Gasteiger partial charge in [-0.05, 0) is 32.1 Å². The van der Waals surface area contributed by atoms with E-state index in [4.69, 9.17) is 5.11 Å². The average molecular weight is 421 g/mol. The van der Waals surface area contributed by atoms with Crippen LogP contribution in [-0.4, -0.2) is 17.2 Å². The Morgan fingerprint density at radius 1 is 0.714 bits per heavy atom. The van der Waals surface area contributed by atoms with Gasteiger partial charge in [0.25, 0.3) is 0 Å². The van der Waals surface area contributed by atoms with Crippen molar-refractivity contribution >= 4 is 5.97 Å². The smallest absolute Gasteiger partial charge is 0.547 e. The van der Waals surface area contributed by atoms with Gasteiger partial charge in [0.15, 0.2) is 0 Å². The van der Waals surface area contributed by atoms with Crippen molar-refractivity contribution in [3.05, 3.63) is 12.2 Å². The van der Waals surface area contributed by atoms with Crippen molar-refractivity contribution in [3.63, 3.8) is 0 Å². The summed E-state index contributed by atoms with van der Waals surface area (Å²) in [5.74, 6) is -1.35. The molecular weight excluding hydrogens is 375 g/mol. The van der Waals surface area contributed by atoms with Crippen LogP contribution >= 0.6 is 0 Å². The van der Waals surface area contributed by atoms with Crippen LogP contribution in [0.5, 0.6) is 0 Å². The Kier molecular flexibility index (Phi) is 28.6. The molecule has 1 N–H and O–H groups in total. The molecule has 0 spiro atoms. The zero-order valence-corrected chi connectivity index (χ0v) is 22.1. The van der Waals surface area contributed by atoms with Crippen LogP contribution in [0.4, 0.5) is 0 Å². The van der Waals surface area contributed by atoms with Crippen molar-refractivity contribution < 1.29 is 66.4 Å². The van der Waals surface area contributed by atoms with Crippen LogP contribution in [0.15, 0.2) is 12.2 Å². The Bertz CT molecular complexity index is 345. The molecule has 0 heterocycles. The summed E-state index contributed by atoms with van der Waals surface area (Å²) in [6, 6.07) is 0. The zero-order valence-electron chi connectivity index (χ0n) is 18.9. The number of aliphatic carboxylic acids is 1. The number of carboxylic acids is 1. The molecule has 0 aliphatic heterocycles. The number of aliphatic hydroxyl groups is 1. The molecule has 0 rings (SSSR count). The summed E-state index contributed by atoms with van der Waals surface area (Å²) in [7, 11) is 0. The minimum absolute atomic E-state index is 0. The van der Waals surface area contributed by atoms with E-state index < -0.39 is 12.1 Å². The third-order valence-electron chi connectivity index (χ3n) is 5.26. The Morgan fingerprint density at radius 2 is 1.07 bits per heavy atom. The molecule has 0 saturated heterocycles. The molecule has 0 bridgehead atoms. The number of hydrogen-bond donors (Lipinski definition) is 1. The van der Waals surface area contributed by atoms with E-state index in [1.165, 1.54) is 83.5 Å². The molecule has 1 atom stereocenters. The van der Waals surface area contributed by atoms with Crippen LogP contribution in [0.1, 0.15) is 129 Å². The molecule has 0 aliphatic rings. The van der Waals surface area contributed by atoms with Gasteiger partial charge in [0.2, 0.25) is 0 Å². The molecule has 28 heavy (non-hydrogen) atoms. The largest absolute Gasteiger partial charge is 1.00 e. The van der Waals surface area contributed by atoms with E-state index in [1.807, 2.05) is 0 Å². The molecule has 0 fully saturated rings. The van der Waals surface area contributed by atoms with Crippen molar-refractivity contribution in [1.29, 1.82) is 0 Å². The van der Waals surface area contributed by atoms with E-state index >= 15 is 0 Å². The number of allylic oxidation sites excluding steroid dienone is 2. The van der Waals surface area contributed by atoms with E-state index in [0.717, 1.165) is 32.1 Å².